The van der Waals surface area contributed by atoms with Crippen LogP contribution >= 0.6 is 0 Å². The van der Waals surface area contributed by atoms with Crippen LogP contribution in [-0.2, 0) is 4.79 Å². The van der Waals surface area contributed by atoms with Gasteiger partial charge in [-0.3, -0.25) is 14.9 Å². The zero-order valence-corrected chi connectivity index (χ0v) is 12.7. The summed E-state index contributed by atoms with van der Waals surface area (Å²) < 4.78 is 10.3. The third-order valence-electron chi connectivity index (χ3n) is 3.00. The summed E-state index contributed by atoms with van der Waals surface area (Å²) in [7, 11) is 1.35. The van der Waals surface area contributed by atoms with E-state index in [0.29, 0.717) is 17.0 Å². The predicted molar refractivity (Wildman–Crippen MR) is 84.9 cm³/mol. The number of nitrogens with one attached hydrogen (secondary N) is 1. The first kappa shape index (κ1) is 16.8. The van der Waals surface area contributed by atoms with Gasteiger partial charge in [0, 0.05) is 6.07 Å². The van der Waals surface area contributed by atoms with E-state index in [9.17, 15) is 14.9 Å². The second-order valence-electron chi connectivity index (χ2n) is 4.62. The van der Waals surface area contributed by atoms with Gasteiger partial charge in [0.2, 0.25) is 0 Å². The maximum absolute atomic E-state index is 11.9. The van der Waals surface area contributed by atoms with Crippen LogP contribution in [0.5, 0.6) is 11.5 Å². The van der Waals surface area contributed by atoms with Gasteiger partial charge in [0.15, 0.2) is 6.61 Å². The molecule has 0 aliphatic heterocycles. The number of carbonyl (C=O) groups is 1. The minimum Gasteiger partial charge on any atom is -0.494 e. The number of non-ortho nitro benzene ring substituents is 1. The van der Waals surface area contributed by atoms with Crippen molar-refractivity contribution in [3.05, 3.63) is 58.1 Å². The van der Waals surface area contributed by atoms with Crippen LogP contribution in [0, 0.1) is 21.4 Å². The van der Waals surface area contributed by atoms with Crippen molar-refractivity contribution in [2.75, 3.05) is 19.0 Å². The third-order valence-corrected chi connectivity index (χ3v) is 3.00. The molecule has 1 amide bonds. The number of rotatable bonds is 6. The van der Waals surface area contributed by atoms with E-state index in [4.69, 9.17) is 14.7 Å². The van der Waals surface area contributed by atoms with Crippen molar-refractivity contribution in [2.24, 2.45) is 0 Å². The van der Waals surface area contributed by atoms with Crippen molar-refractivity contribution >= 4 is 17.3 Å². The van der Waals surface area contributed by atoms with Crippen LogP contribution in [0.15, 0.2) is 42.5 Å². The van der Waals surface area contributed by atoms with E-state index in [1.54, 1.807) is 18.2 Å². The van der Waals surface area contributed by atoms with E-state index >= 15 is 0 Å². The summed E-state index contributed by atoms with van der Waals surface area (Å²) in [6.07, 6.45) is 0. The number of nitriles is 1. The Hall–Kier alpha value is -3.60. The molecule has 8 nitrogen and oxygen atoms in total. The van der Waals surface area contributed by atoms with E-state index in [1.165, 1.54) is 31.4 Å². The van der Waals surface area contributed by atoms with Crippen molar-refractivity contribution in [3.8, 4) is 17.6 Å². The number of nitro groups is 1. The maximum atomic E-state index is 11.9. The number of carbonyl (C=O) groups excluding carboxylic acids is 1. The highest BCUT2D eigenvalue weighted by molar-refractivity contribution is 5.93. The Morgan fingerprint density at radius 1 is 1.33 bits per heavy atom. The Morgan fingerprint density at radius 2 is 2.12 bits per heavy atom. The van der Waals surface area contributed by atoms with Gasteiger partial charge in [0.25, 0.3) is 11.6 Å². The lowest BCUT2D eigenvalue weighted by Gasteiger charge is -2.11. The molecule has 0 spiro atoms. The number of nitro benzene ring substituents is 1. The lowest BCUT2D eigenvalue weighted by atomic mass is 10.2. The topological polar surface area (TPSA) is 114 Å². The molecule has 0 fully saturated rings. The van der Waals surface area contributed by atoms with E-state index in [2.05, 4.69) is 5.32 Å². The van der Waals surface area contributed by atoms with Crippen LogP contribution in [0.2, 0.25) is 0 Å². The number of hydrogen-bond donors (Lipinski definition) is 1. The molecular formula is C16H13N3O5. The molecule has 0 radical (unpaired) electrons. The second-order valence-corrected chi connectivity index (χ2v) is 4.62. The first-order valence-electron chi connectivity index (χ1n) is 6.78. The summed E-state index contributed by atoms with van der Waals surface area (Å²) in [5, 5.41) is 22.1. The average molecular weight is 327 g/mol. The standard InChI is InChI=1S/C16H13N3O5/c1-23-15-8-12(19(21)22)5-6-14(15)18-16(20)10-24-13-4-2-3-11(7-13)9-17/h2-8H,10H2,1H3,(H,18,20). The smallest absolute Gasteiger partial charge is 0.273 e. The van der Waals surface area contributed by atoms with Crippen LogP contribution in [0.25, 0.3) is 0 Å². The molecule has 0 heterocycles. The summed E-state index contributed by atoms with van der Waals surface area (Å²) in [4.78, 5) is 22.1. The van der Waals surface area contributed by atoms with Gasteiger partial charge in [-0.25, -0.2) is 0 Å². The van der Waals surface area contributed by atoms with Gasteiger partial charge < -0.3 is 14.8 Å². The Kier molecular flexibility index (Phi) is 5.31. The van der Waals surface area contributed by atoms with Gasteiger partial charge >= 0.3 is 0 Å². The number of benzene rings is 2. The van der Waals surface area contributed by atoms with Crippen molar-refractivity contribution in [1.82, 2.24) is 0 Å². The molecule has 0 saturated heterocycles. The predicted octanol–water partition coefficient (Wildman–Crippen LogP) is 2.49. The summed E-state index contributed by atoms with van der Waals surface area (Å²) in [5.41, 5.74) is 0.571. The molecule has 0 saturated carbocycles. The molecule has 0 atom stereocenters. The molecule has 24 heavy (non-hydrogen) atoms. The van der Waals surface area contributed by atoms with Crippen molar-refractivity contribution < 1.29 is 19.2 Å². The summed E-state index contributed by atoms with van der Waals surface area (Å²) >= 11 is 0. The summed E-state index contributed by atoms with van der Waals surface area (Å²) in [6, 6.07) is 12.2. The molecule has 0 aliphatic carbocycles. The molecule has 0 unspecified atom stereocenters. The maximum Gasteiger partial charge on any atom is 0.273 e. The molecule has 0 bridgehead atoms. The minimum atomic E-state index is -0.556. The molecule has 0 aromatic heterocycles. The Bertz CT molecular complexity index is 814. The number of nitrogens with zero attached hydrogens (tertiary/aromatic N) is 2. The lowest BCUT2D eigenvalue weighted by molar-refractivity contribution is -0.384. The molecule has 2 aromatic carbocycles. The minimum absolute atomic E-state index is 0.144. The van der Waals surface area contributed by atoms with Crippen LogP contribution in [-0.4, -0.2) is 24.5 Å². The molecular weight excluding hydrogens is 314 g/mol. The zero-order valence-electron chi connectivity index (χ0n) is 12.7. The quantitative estimate of drug-likeness (QED) is 0.644. The molecule has 8 heteroatoms. The van der Waals surface area contributed by atoms with Crippen LogP contribution < -0.4 is 14.8 Å². The van der Waals surface area contributed by atoms with E-state index in [1.807, 2.05) is 6.07 Å². The number of hydrogen-bond acceptors (Lipinski definition) is 6. The van der Waals surface area contributed by atoms with Crippen LogP contribution in [0.3, 0.4) is 0 Å². The SMILES string of the molecule is COc1cc([N+](=O)[O-])ccc1NC(=O)COc1cccc(C#N)c1. The van der Waals surface area contributed by atoms with Crippen molar-refractivity contribution in [3.63, 3.8) is 0 Å². The number of ether oxygens (including phenoxy) is 2. The van der Waals surface area contributed by atoms with Crippen molar-refractivity contribution in [2.45, 2.75) is 0 Å². The number of amides is 1. The fraction of sp³-hybridized carbons (Fsp3) is 0.125. The second kappa shape index (κ2) is 7.60. The highest BCUT2D eigenvalue weighted by Crippen LogP contribution is 2.28. The number of methoxy groups -OCH3 is 1. The molecule has 2 rings (SSSR count). The zero-order chi connectivity index (χ0) is 17.5. The lowest BCUT2D eigenvalue weighted by Crippen LogP contribution is -2.20. The first-order valence-corrected chi connectivity index (χ1v) is 6.78. The van der Waals surface area contributed by atoms with Gasteiger partial charge in [-0.15, -0.1) is 0 Å². The normalized spacial score (nSPS) is 9.67. The Balaban J connectivity index is 2.01. The molecule has 0 aliphatic rings. The first-order chi connectivity index (χ1) is 11.5. The molecule has 122 valence electrons. The molecule has 2 aromatic rings. The third kappa shape index (κ3) is 4.20. The van der Waals surface area contributed by atoms with Gasteiger partial charge in [0.05, 0.1) is 35.4 Å². The summed E-state index contributed by atoms with van der Waals surface area (Å²) in [6.45, 7) is -0.283. The van der Waals surface area contributed by atoms with E-state index in [-0.39, 0.29) is 18.0 Å². The Labute approximate surface area is 137 Å². The van der Waals surface area contributed by atoms with E-state index < -0.39 is 10.8 Å². The van der Waals surface area contributed by atoms with Gasteiger partial charge in [-0.05, 0) is 24.3 Å². The fourth-order valence-corrected chi connectivity index (χ4v) is 1.89. The van der Waals surface area contributed by atoms with Gasteiger partial charge in [0.1, 0.15) is 11.5 Å². The monoisotopic (exact) mass is 327 g/mol. The highest BCUT2D eigenvalue weighted by Gasteiger charge is 2.13. The average Bonchev–Trinajstić information content (AvgIpc) is 2.60. The van der Waals surface area contributed by atoms with Gasteiger partial charge in [-0.2, -0.15) is 5.26 Å². The summed E-state index contributed by atoms with van der Waals surface area (Å²) in [5.74, 6) is 0.0911. The molecule has 1 N–H and O–H groups in total. The fourth-order valence-electron chi connectivity index (χ4n) is 1.89. The van der Waals surface area contributed by atoms with Crippen LogP contribution in [0.4, 0.5) is 11.4 Å². The largest absolute Gasteiger partial charge is 0.494 e. The van der Waals surface area contributed by atoms with Crippen LogP contribution in [0.1, 0.15) is 5.56 Å². The van der Waals surface area contributed by atoms with E-state index in [0.717, 1.165) is 0 Å². The number of anilines is 1. The van der Waals surface area contributed by atoms with Gasteiger partial charge in [-0.1, -0.05) is 6.07 Å². The Morgan fingerprint density at radius 3 is 2.79 bits per heavy atom. The van der Waals surface area contributed by atoms with Crippen molar-refractivity contribution in [1.29, 1.82) is 5.26 Å². The highest BCUT2D eigenvalue weighted by atomic mass is 16.6.